The Morgan fingerprint density at radius 3 is 1.95 bits per heavy atom. The number of hydrogen-bond acceptors (Lipinski definition) is 5. The topological polar surface area (TPSA) is 88.9 Å². The van der Waals surface area contributed by atoms with E-state index in [-0.39, 0.29) is 5.57 Å². The van der Waals surface area contributed by atoms with Crippen molar-refractivity contribution in [1.82, 2.24) is 4.57 Å². The standard InChI is InChI=1S/C34H25N3O5/c1-42-33(40)24-12-10-11-23(19-24)21-35-22-25(28-17-8-9-18-30(28)35)20-29-31(38)36(26-13-4-2-5-14-26)34(41)37(32(29)39)27-15-6-3-7-16-27/h2-20,22H,21H2,1H3. The van der Waals surface area contributed by atoms with Crippen molar-refractivity contribution in [2.24, 2.45) is 0 Å². The Bertz CT molecular complexity index is 1810. The first kappa shape index (κ1) is 26.5. The second-order valence-corrected chi connectivity index (χ2v) is 9.71. The lowest BCUT2D eigenvalue weighted by Crippen LogP contribution is -2.57. The molecule has 1 fully saturated rings. The minimum absolute atomic E-state index is 0.141. The van der Waals surface area contributed by atoms with Crippen molar-refractivity contribution < 1.29 is 23.9 Å². The lowest BCUT2D eigenvalue weighted by Gasteiger charge is -2.33. The number of nitrogens with zero attached hydrogens (tertiary/aromatic N) is 3. The number of carbonyl (C=O) groups excluding carboxylic acids is 4. The second kappa shape index (κ2) is 11.0. The molecule has 0 atom stereocenters. The van der Waals surface area contributed by atoms with Crippen LogP contribution in [0.15, 0.2) is 121 Å². The zero-order valence-corrected chi connectivity index (χ0v) is 22.6. The minimum Gasteiger partial charge on any atom is -0.465 e. The van der Waals surface area contributed by atoms with Gasteiger partial charge < -0.3 is 9.30 Å². The third kappa shape index (κ3) is 4.75. The van der Waals surface area contributed by atoms with Crippen LogP contribution < -0.4 is 9.80 Å². The van der Waals surface area contributed by atoms with Gasteiger partial charge in [0.25, 0.3) is 11.8 Å². The van der Waals surface area contributed by atoms with Gasteiger partial charge in [0.15, 0.2) is 0 Å². The number of aromatic nitrogens is 1. The summed E-state index contributed by atoms with van der Waals surface area (Å²) in [5.41, 5.74) is 3.41. The molecule has 5 aromatic rings. The molecule has 0 radical (unpaired) electrons. The number of amides is 4. The van der Waals surface area contributed by atoms with E-state index < -0.39 is 23.8 Å². The maximum Gasteiger partial charge on any atom is 0.343 e. The summed E-state index contributed by atoms with van der Waals surface area (Å²) < 4.78 is 6.85. The van der Waals surface area contributed by atoms with E-state index in [9.17, 15) is 19.2 Å². The number of esters is 1. The summed E-state index contributed by atoms with van der Waals surface area (Å²) in [6, 6.07) is 31.2. The number of barbiturate groups is 1. The van der Waals surface area contributed by atoms with Gasteiger partial charge in [0.05, 0.1) is 24.0 Å². The van der Waals surface area contributed by atoms with E-state index in [1.807, 2.05) is 41.1 Å². The van der Waals surface area contributed by atoms with Gasteiger partial charge in [0.1, 0.15) is 5.57 Å². The fourth-order valence-corrected chi connectivity index (χ4v) is 5.13. The average molecular weight is 556 g/mol. The zero-order valence-electron chi connectivity index (χ0n) is 22.6. The summed E-state index contributed by atoms with van der Waals surface area (Å²) in [5.74, 6) is -1.83. The van der Waals surface area contributed by atoms with Crippen molar-refractivity contribution in [1.29, 1.82) is 0 Å². The maximum atomic E-state index is 13.8. The van der Waals surface area contributed by atoms with Crippen LogP contribution in [0.4, 0.5) is 16.2 Å². The molecule has 8 nitrogen and oxygen atoms in total. The SMILES string of the molecule is COC(=O)c1cccc(Cn2cc(C=C3C(=O)N(c4ccccc4)C(=O)N(c4ccccc4)C3=O)c3ccccc32)c1. The third-order valence-corrected chi connectivity index (χ3v) is 7.10. The Morgan fingerprint density at radius 1 is 0.738 bits per heavy atom. The molecule has 4 amide bonds. The number of hydrogen-bond donors (Lipinski definition) is 0. The number of urea groups is 1. The van der Waals surface area contributed by atoms with Crippen LogP contribution in [0.1, 0.15) is 21.5 Å². The van der Waals surface area contributed by atoms with Crippen LogP contribution in [0.25, 0.3) is 17.0 Å². The van der Waals surface area contributed by atoms with Gasteiger partial charge in [-0.2, -0.15) is 0 Å². The van der Waals surface area contributed by atoms with Gasteiger partial charge in [0.2, 0.25) is 0 Å². The first-order valence-electron chi connectivity index (χ1n) is 13.3. The molecule has 0 N–H and O–H groups in total. The summed E-state index contributed by atoms with van der Waals surface area (Å²) in [4.78, 5) is 55.4. The van der Waals surface area contributed by atoms with Gasteiger partial charge in [-0.3, -0.25) is 9.59 Å². The Hall–Kier alpha value is -5.76. The highest BCUT2D eigenvalue weighted by molar-refractivity contribution is 6.46. The predicted octanol–water partition coefficient (Wildman–Crippen LogP) is 6.06. The molecule has 4 aromatic carbocycles. The molecule has 2 heterocycles. The van der Waals surface area contributed by atoms with E-state index >= 15 is 0 Å². The fourth-order valence-electron chi connectivity index (χ4n) is 5.13. The van der Waals surface area contributed by atoms with Crippen LogP contribution in [-0.2, 0) is 20.9 Å². The molecule has 0 spiro atoms. The molecule has 6 rings (SSSR count). The molecule has 42 heavy (non-hydrogen) atoms. The molecule has 0 unspecified atom stereocenters. The molecule has 1 aliphatic rings. The van der Waals surface area contributed by atoms with E-state index in [4.69, 9.17) is 4.74 Å². The summed E-state index contributed by atoms with van der Waals surface area (Å²) in [6.45, 7) is 0.432. The van der Waals surface area contributed by atoms with E-state index in [0.29, 0.717) is 29.0 Å². The first-order chi connectivity index (χ1) is 20.5. The van der Waals surface area contributed by atoms with Crippen molar-refractivity contribution in [3.8, 4) is 0 Å². The van der Waals surface area contributed by atoms with E-state index in [2.05, 4.69) is 0 Å². The molecule has 1 saturated heterocycles. The largest absolute Gasteiger partial charge is 0.465 e. The van der Waals surface area contributed by atoms with E-state index in [1.165, 1.54) is 7.11 Å². The van der Waals surface area contributed by atoms with Gasteiger partial charge >= 0.3 is 12.0 Å². The number of imide groups is 2. The predicted molar refractivity (Wildman–Crippen MR) is 160 cm³/mol. The molecule has 1 aliphatic heterocycles. The number of para-hydroxylation sites is 3. The smallest absolute Gasteiger partial charge is 0.343 e. The Morgan fingerprint density at radius 2 is 1.33 bits per heavy atom. The molecular formula is C34H25N3O5. The summed E-state index contributed by atoms with van der Waals surface area (Å²) >= 11 is 0. The zero-order chi connectivity index (χ0) is 29.2. The molecule has 0 bridgehead atoms. The van der Waals surface area contributed by atoms with Crippen LogP contribution >= 0.6 is 0 Å². The average Bonchev–Trinajstić information content (AvgIpc) is 3.37. The first-order valence-corrected chi connectivity index (χ1v) is 13.3. The molecule has 1 aromatic heterocycles. The van der Waals surface area contributed by atoms with Gasteiger partial charge in [-0.25, -0.2) is 19.4 Å². The van der Waals surface area contributed by atoms with Crippen molar-refractivity contribution >= 4 is 52.2 Å². The van der Waals surface area contributed by atoms with Crippen LogP contribution in [0.2, 0.25) is 0 Å². The molecule has 0 saturated carbocycles. The highest BCUT2D eigenvalue weighted by atomic mass is 16.5. The second-order valence-electron chi connectivity index (χ2n) is 9.71. The van der Waals surface area contributed by atoms with Crippen molar-refractivity contribution in [3.05, 3.63) is 138 Å². The van der Waals surface area contributed by atoms with E-state index in [1.54, 1.807) is 84.9 Å². The van der Waals surface area contributed by atoms with Gasteiger partial charge in [-0.05, 0) is 54.1 Å². The number of methoxy groups -OCH3 is 1. The number of carbonyl (C=O) groups is 4. The van der Waals surface area contributed by atoms with Crippen molar-refractivity contribution in [3.63, 3.8) is 0 Å². The van der Waals surface area contributed by atoms with Gasteiger partial charge in [-0.15, -0.1) is 0 Å². The monoisotopic (exact) mass is 555 g/mol. The van der Waals surface area contributed by atoms with Crippen LogP contribution in [0, 0.1) is 0 Å². The Balaban J connectivity index is 1.46. The summed E-state index contributed by atoms with van der Waals surface area (Å²) in [7, 11) is 1.34. The minimum atomic E-state index is -0.743. The molecule has 0 aliphatic carbocycles. The van der Waals surface area contributed by atoms with Crippen LogP contribution in [-0.4, -0.2) is 35.5 Å². The van der Waals surface area contributed by atoms with Crippen molar-refractivity contribution in [2.45, 2.75) is 6.54 Å². The quantitative estimate of drug-likeness (QED) is 0.144. The molecule has 8 heteroatoms. The Kier molecular flexibility index (Phi) is 6.94. The lowest BCUT2D eigenvalue weighted by atomic mass is 10.0. The summed E-state index contributed by atoms with van der Waals surface area (Å²) in [5, 5.41) is 0.823. The fraction of sp³-hybridized carbons (Fsp3) is 0.0588. The highest BCUT2D eigenvalue weighted by Gasteiger charge is 2.43. The van der Waals surface area contributed by atoms with Crippen LogP contribution in [0.3, 0.4) is 0 Å². The molecular weight excluding hydrogens is 530 g/mol. The number of benzene rings is 4. The number of fused-ring (bicyclic) bond motifs is 1. The third-order valence-electron chi connectivity index (χ3n) is 7.10. The number of ether oxygens (including phenoxy) is 1. The maximum absolute atomic E-state index is 13.8. The van der Waals surface area contributed by atoms with E-state index in [0.717, 1.165) is 26.3 Å². The van der Waals surface area contributed by atoms with Gasteiger partial charge in [-0.1, -0.05) is 66.7 Å². The van der Waals surface area contributed by atoms with Crippen molar-refractivity contribution in [2.75, 3.05) is 16.9 Å². The number of rotatable bonds is 6. The highest BCUT2D eigenvalue weighted by Crippen LogP contribution is 2.31. The van der Waals surface area contributed by atoms with Gasteiger partial charge in [0, 0.05) is 29.2 Å². The van der Waals surface area contributed by atoms with Crippen LogP contribution in [0.5, 0.6) is 0 Å². The Labute approximate surface area is 241 Å². The normalized spacial score (nSPS) is 13.5. The molecule has 206 valence electrons. The number of anilines is 2. The lowest BCUT2D eigenvalue weighted by molar-refractivity contribution is -0.121. The summed E-state index contributed by atoms with van der Waals surface area (Å²) in [6.07, 6.45) is 3.41.